The van der Waals surface area contributed by atoms with Gasteiger partial charge in [-0.05, 0) is 6.42 Å². The number of nitrogens with two attached hydrogens (primary N) is 1. The third-order valence-corrected chi connectivity index (χ3v) is 0.496. The Morgan fingerprint density at radius 3 is 1.89 bits per heavy atom. The van der Waals surface area contributed by atoms with Crippen LogP contribution in [0, 0.1) is 0 Å². The van der Waals surface area contributed by atoms with Gasteiger partial charge in [0.1, 0.15) is 0 Å². The van der Waals surface area contributed by atoms with Crippen LogP contribution in [0.25, 0.3) is 0 Å². The summed E-state index contributed by atoms with van der Waals surface area (Å²) < 4.78 is 0. The molecule has 2 nitrogen and oxygen atoms in total. The lowest BCUT2D eigenvalue weighted by Gasteiger charge is -1.81. The molecule has 4 heteroatoms. The van der Waals surface area contributed by atoms with Crippen LogP contribution >= 0.6 is 23.2 Å². The molecule has 0 aromatic rings. The summed E-state index contributed by atoms with van der Waals surface area (Å²) in [5.74, 6) is -0.211. The van der Waals surface area contributed by atoms with Crippen molar-refractivity contribution in [2.45, 2.75) is 19.8 Å². The van der Waals surface area contributed by atoms with E-state index in [1.54, 1.807) is 0 Å². The molecule has 56 valence electrons. The maximum atomic E-state index is 9.82. The Bertz CT molecular complexity index is 68.0. The smallest absolute Gasteiger partial charge is 0.217 e. The molecule has 0 saturated heterocycles. The van der Waals surface area contributed by atoms with E-state index in [1.165, 1.54) is 0 Å². The van der Waals surface area contributed by atoms with Gasteiger partial charge in [0, 0.05) is 6.42 Å². The fourth-order valence-electron chi connectivity index (χ4n) is 0.246. The molecule has 0 radical (unpaired) electrons. The molecule has 0 aliphatic heterocycles. The van der Waals surface area contributed by atoms with E-state index in [4.69, 9.17) is 28.9 Å². The molecular weight excluding hydrogens is 161 g/mol. The number of carbonyl (C=O) groups is 1. The maximum Gasteiger partial charge on any atom is 0.217 e. The Kier molecular flexibility index (Phi) is 14.3. The summed E-state index contributed by atoms with van der Waals surface area (Å²) >= 11 is 9.53. The predicted octanol–water partition coefficient (Wildman–Crippen LogP) is 1.69. The van der Waals surface area contributed by atoms with Gasteiger partial charge >= 0.3 is 0 Å². The Morgan fingerprint density at radius 1 is 1.56 bits per heavy atom. The van der Waals surface area contributed by atoms with E-state index in [9.17, 15) is 4.79 Å². The number of halogens is 2. The highest BCUT2D eigenvalue weighted by Gasteiger charge is 1.84. The molecule has 9 heavy (non-hydrogen) atoms. The van der Waals surface area contributed by atoms with Crippen molar-refractivity contribution in [2.75, 3.05) is 5.34 Å². The zero-order valence-corrected chi connectivity index (χ0v) is 6.87. The van der Waals surface area contributed by atoms with Gasteiger partial charge in [-0.25, -0.2) is 0 Å². The first-order valence-corrected chi connectivity index (χ1v) is 3.66. The Hall–Kier alpha value is 0.0500. The SMILES string of the molecule is CCCC(N)=O.ClCCl. The highest BCUT2D eigenvalue weighted by atomic mass is 35.5. The van der Waals surface area contributed by atoms with Crippen molar-refractivity contribution in [3.63, 3.8) is 0 Å². The quantitative estimate of drug-likeness (QED) is 0.632. The highest BCUT2D eigenvalue weighted by Crippen LogP contribution is 1.79. The van der Waals surface area contributed by atoms with Crippen LogP contribution in [0.5, 0.6) is 0 Å². The number of primary amides is 1. The molecule has 0 aliphatic rings. The van der Waals surface area contributed by atoms with Crippen molar-refractivity contribution >= 4 is 29.1 Å². The second-order valence-electron chi connectivity index (χ2n) is 1.32. The van der Waals surface area contributed by atoms with Gasteiger partial charge in [-0.15, -0.1) is 23.2 Å². The van der Waals surface area contributed by atoms with Crippen molar-refractivity contribution in [1.29, 1.82) is 0 Å². The van der Waals surface area contributed by atoms with Crippen LogP contribution in [0.4, 0.5) is 0 Å². The molecule has 0 aromatic heterocycles. The van der Waals surface area contributed by atoms with E-state index >= 15 is 0 Å². The molecule has 0 bridgehead atoms. The lowest BCUT2D eigenvalue weighted by atomic mass is 10.3. The first-order valence-electron chi connectivity index (χ1n) is 2.59. The summed E-state index contributed by atoms with van der Waals surface area (Å²) in [6.45, 7) is 1.92. The fraction of sp³-hybridized carbons (Fsp3) is 0.800. The average Bonchev–Trinajstić information content (AvgIpc) is 1.67. The van der Waals surface area contributed by atoms with E-state index < -0.39 is 0 Å². The van der Waals surface area contributed by atoms with Crippen LogP contribution < -0.4 is 5.73 Å². The van der Waals surface area contributed by atoms with Gasteiger partial charge in [-0.3, -0.25) is 4.79 Å². The molecule has 0 rings (SSSR count). The van der Waals surface area contributed by atoms with Crippen molar-refractivity contribution in [1.82, 2.24) is 0 Å². The monoisotopic (exact) mass is 171 g/mol. The number of carbonyl (C=O) groups excluding carboxylic acids is 1. The molecule has 0 unspecified atom stereocenters. The minimum atomic E-state index is -0.211. The highest BCUT2D eigenvalue weighted by molar-refractivity contribution is 6.40. The van der Waals surface area contributed by atoms with E-state index in [0.29, 0.717) is 6.42 Å². The van der Waals surface area contributed by atoms with E-state index in [1.807, 2.05) is 6.92 Å². The van der Waals surface area contributed by atoms with Gasteiger partial charge in [0.2, 0.25) is 5.91 Å². The molecule has 0 saturated carbocycles. The summed E-state index contributed by atoms with van der Waals surface area (Å²) in [5, 5.41) is 0.194. The van der Waals surface area contributed by atoms with Gasteiger partial charge in [0.25, 0.3) is 0 Å². The molecule has 0 spiro atoms. The Morgan fingerprint density at radius 2 is 1.89 bits per heavy atom. The van der Waals surface area contributed by atoms with Crippen LogP contribution in [0.1, 0.15) is 19.8 Å². The molecule has 0 aliphatic carbocycles. The molecule has 1 amide bonds. The predicted molar refractivity (Wildman–Crippen MR) is 40.7 cm³/mol. The maximum absolute atomic E-state index is 9.82. The third-order valence-electron chi connectivity index (χ3n) is 0.496. The number of rotatable bonds is 2. The first-order chi connectivity index (χ1) is 4.18. The van der Waals surface area contributed by atoms with Crippen LogP contribution in [0.3, 0.4) is 0 Å². The second kappa shape index (κ2) is 10.9. The van der Waals surface area contributed by atoms with Crippen molar-refractivity contribution in [3.05, 3.63) is 0 Å². The zero-order chi connectivity index (χ0) is 7.70. The summed E-state index contributed by atoms with van der Waals surface area (Å²) in [7, 11) is 0. The van der Waals surface area contributed by atoms with Gasteiger partial charge < -0.3 is 5.73 Å². The van der Waals surface area contributed by atoms with Crippen molar-refractivity contribution in [3.8, 4) is 0 Å². The second-order valence-corrected chi connectivity index (χ2v) is 2.13. The molecule has 0 fully saturated rings. The molecule has 0 aromatic carbocycles. The number of hydrogen-bond acceptors (Lipinski definition) is 1. The first kappa shape index (κ1) is 11.8. The molecule has 2 N–H and O–H groups in total. The minimum absolute atomic E-state index is 0.194. The normalized spacial score (nSPS) is 7.44. The average molecular weight is 172 g/mol. The van der Waals surface area contributed by atoms with Gasteiger partial charge in [0.15, 0.2) is 0 Å². The number of hydrogen-bond donors (Lipinski definition) is 1. The van der Waals surface area contributed by atoms with E-state index in [0.717, 1.165) is 6.42 Å². The largest absolute Gasteiger partial charge is 0.370 e. The summed E-state index contributed by atoms with van der Waals surface area (Å²) in [6, 6.07) is 0. The molecule has 0 heterocycles. The third kappa shape index (κ3) is 31.7. The summed E-state index contributed by atoms with van der Waals surface area (Å²) in [4.78, 5) is 9.82. The van der Waals surface area contributed by atoms with Crippen LogP contribution in [0.2, 0.25) is 0 Å². The minimum Gasteiger partial charge on any atom is -0.370 e. The van der Waals surface area contributed by atoms with Crippen molar-refractivity contribution < 1.29 is 4.79 Å². The number of alkyl halides is 2. The van der Waals surface area contributed by atoms with Crippen LogP contribution in [0.15, 0.2) is 0 Å². The Labute approximate surface area is 65.3 Å². The lowest BCUT2D eigenvalue weighted by Crippen LogP contribution is -2.08. The van der Waals surface area contributed by atoms with E-state index in [2.05, 4.69) is 0 Å². The van der Waals surface area contributed by atoms with Crippen LogP contribution in [-0.2, 0) is 4.79 Å². The topological polar surface area (TPSA) is 43.1 Å². The standard InChI is InChI=1S/C4H9NO.CH2Cl2/c1-2-3-4(5)6;2-1-3/h2-3H2,1H3,(H2,5,6);1H2. The lowest BCUT2D eigenvalue weighted by molar-refractivity contribution is -0.118. The van der Waals surface area contributed by atoms with Crippen molar-refractivity contribution in [2.24, 2.45) is 5.73 Å². The van der Waals surface area contributed by atoms with Gasteiger partial charge in [-0.2, -0.15) is 0 Å². The van der Waals surface area contributed by atoms with Crippen LogP contribution in [-0.4, -0.2) is 11.2 Å². The van der Waals surface area contributed by atoms with Gasteiger partial charge in [-0.1, -0.05) is 6.92 Å². The Balaban J connectivity index is 0. The zero-order valence-electron chi connectivity index (χ0n) is 5.36. The molecule has 0 atom stereocenters. The fourth-order valence-corrected chi connectivity index (χ4v) is 0.246. The van der Waals surface area contributed by atoms with E-state index in [-0.39, 0.29) is 11.2 Å². The summed E-state index contributed by atoms with van der Waals surface area (Å²) in [5.41, 5.74) is 4.76. The molecular formula is C5H11Cl2NO. The van der Waals surface area contributed by atoms with Gasteiger partial charge in [0.05, 0.1) is 5.34 Å². The number of amides is 1. The summed E-state index contributed by atoms with van der Waals surface area (Å²) in [6.07, 6.45) is 1.37.